The van der Waals surface area contributed by atoms with E-state index in [1.807, 2.05) is 25.3 Å². The summed E-state index contributed by atoms with van der Waals surface area (Å²) in [4.78, 5) is 15.8. The number of ether oxygens (including phenoxy) is 1. The first-order valence-electron chi connectivity index (χ1n) is 7.13. The average Bonchev–Trinajstić information content (AvgIpc) is 2.79. The van der Waals surface area contributed by atoms with E-state index < -0.39 is 11.2 Å². The molecule has 1 N–H and O–H groups in total. The number of rotatable bonds is 4. The molecule has 1 fully saturated rings. The van der Waals surface area contributed by atoms with Gasteiger partial charge in [-0.3, -0.25) is 0 Å². The highest BCUT2D eigenvalue weighted by molar-refractivity contribution is 7.81. The van der Waals surface area contributed by atoms with Gasteiger partial charge in [0.25, 0.3) is 0 Å². The first-order chi connectivity index (χ1) is 9.59. The van der Waals surface area contributed by atoms with Crippen molar-refractivity contribution >= 4 is 18.9 Å². The van der Waals surface area contributed by atoms with Crippen LogP contribution in [0.2, 0.25) is 0 Å². The molecule has 0 radical (unpaired) electrons. The number of carbonyl (C=O) groups excluding carboxylic acids is 1. The number of aliphatic hydroxyl groups is 1. The normalized spacial score (nSPS) is 33.4. The lowest BCUT2D eigenvalue weighted by Gasteiger charge is -2.30. The van der Waals surface area contributed by atoms with Crippen molar-refractivity contribution in [2.75, 3.05) is 0 Å². The van der Waals surface area contributed by atoms with Gasteiger partial charge in [-0.15, -0.1) is 0 Å². The van der Waals surface area contributed by atoms with E-state index in [-0.39, 0.29) is 17.4 Å². The Hall–Kier alpha value is -0.850. The van der Waals surface area contributed by atoms with Crippen LogP contribution in [0.1, 0.15) is 44.6 Å². The van der Waals surface area contributed by atoms with Crippen LogP contribution in [0.4, 0.5) is 0 Å². The molecular weight excluding hydrogens is 288 g/mol. The average molecular weight is 312 g/mol. The lowest BCUT2D eigenvalue weighted by molar-refractivity contribution is -0.211. The second kappa shape index (κ2) is 5.41. The fraction of sp³-hybridized carbons (Fsp3) is 0.733. The number of aryl methyl sites for hydroxylation is 1. The zero-order valence-corrected chi connectivity index (χ0v) is 14.1. The van der Waals surface area contributed by atoms with Crippen molar-refractivity contribution in [3.8, 4) is 0 Å². The van der Waals surface area contributed by atoms with Crippen LogP contribution in [0, 0.1) is 19.3 Å². The molecule has 0 spiro atoms. The van der Waals surface area contributed by atoms with Crippen molar-refractivity contribution in [2.24, 2.45) is 5.41 Å². The number of carbonyl (C=O) groups is 1. The SMILES string of the molecule is Cc1ncn(C2C(OC(C)(C)O)CC(C)(C=O)C2S)c1C. The van der Waals surface area contributed by atoms with E-state index in [0.29, 0.717) is 6.42 Å². The fourth-order valence-corrected chi connectivity index (χ4v) is 3.52. The summed E-state index contributed by atoms with van der Waals surface area (Å²) in [6.07, 6.45) is 2.94. The van der Waals surface area contributed by atoms with Gasteiger partial charge in [-0.1, -0.05) is 6.92 Å². The Balaban J connectivity index is 2.42. The third-order valence-corrected chi connectivity index (χ3v) is 5.23. The van der Waals surface area contributed by atoms with Gasteiger partial charge in [-0.05, 0) is 34.1 Å². The topological polar surface area (TPSA) is 64.3 Å². The van der Waals surface area contributed by atoms with Gasteiger partial charge in [0.1, 0.15) is 6.29 Å². The number of aromatic nitrogens is 2. The molecule has 1 heterocycles. The van der Waals surface area contributed by atoms with Crippen LogP contribution >= 0.6 is 12.6 Å². The van der Waals surface area contributed by atoms with Crippen LogP contribution in [0.25, 0.3) is 0 Å². The van der Waals surface area contributed by atoms with Crippen molar-refractivity contribution in [2.45, 2.75) is 64.2 Å². The van der Waals surface area contributed by atoms with E-state index >= 15 is 0 Å². The number of imidazole rings is 1. The van der Waals surface area contributed by atoms with Gasteiger partial charge in [-0.2, -0.15) is 12.6 Å². The fourth-order valence-electron chi connectivity index (χ4n) is 3.02. The largest absolute Gasteiger partial charge is 0.366 e. The molecular formula is C15H24N2O3S. The molecule has 6 heteroatoms. The minimum atomic E-state index is -1.26. The van der Waals surface area contributed by atoms with E-state index in [4.69, 9.17) is 4.74 Å². The zero-order valence-electron chi connectivity index (χ0n) is 13.2. The maximum Gasteiger partial charge on any atom is 0.160 e. The van der Waals surface area contributed by atoms with Crippen molar-refractivity contribution < 1.29 is 14.6 Å². The van der Waals surface area contributed by atoms with Gasteiger partial charge in [0.2, 0.25) is 0 Å². The van der Waals surface area contributed by atoms with Gasteiger partial charge in [0, 0.05) is 16.4 Å². The molecule has 0 amide bonds. The van der Waals surface area contributed by atoms with Gasteiger partial charge in [0.05, 0.1) is 24.2 Å². The second-order valence-electron chi connectivity index (χ2n) is 6.69. The molecule has 118 valence electrons. The standard InChI is InChI=1S/C15H24N2O3S/c1-9-10(2)17(8-16-9)12-11(20-14(3,4)19)6-15(5,7-18)13(12)21/h7-8,11-13,19,21H,6H2,1-5H3. The molecule has 2 rings (SSSR count). The molecule has 0 aliphatic heterocycles. The molecule has 4 atom stereocenters. The number of nitrogens with zero attached hydrogens (tertiary/aromatic N) is 2. The molecule has 4 unspecified atom stereocenters. The molecule has 1 aromatic rings. The summed E-state index contributed by atoms with van der Waals surface area (Å²) in [6.45, 7) is 9.01. The minimum absolute atomic E-state index is 0.142. The minimum Gasteiger partial charge on any atom is -0.366 e. The van der Waals surface area contributed by atoms with Gasteiger partial charge in [-0.25, -0.2) is 4.98 Å². The summed E-state index contributed by atoms with van der Waals surface area (Å²) >= 11 is 4.68. The third kappa shape index (κ3) is 3.03. The summed E-state index contributed by atoms with van der Waals surface area (Å²) in [7, 11) is 0. The van der Waals surface area contributed by atoms with Crippen molar-refractivity contribution in [3.05, 3.63) is 17.7 Å². The van der Waals surface area contributed by atoms with E-state index in [2.05, 4.69) is 17.6 Å². The number of hydrogen-bond acceptors (Lipinski definition) is 5. The summed E-state index contributed by atoms with van der Waals surface area (Å²) < 4.78 is 7.81. The predicted molar refractivity (Wildman–Crippen MR) is 83.5 cm³/mol. The number of thiol groups is 1. The van der Waals surface area contributed by atoms with Crippen molar-refractivity contribution in [1.29, 1.82) is 0 Å². The molecule has 1 saturated carbocycles. The van der Waals surface area contributed by atoms with Crippen LogP contribution in [-0.4, -0.2) is 38.1 Å². The predicted octanol–water partition coefficient (Wildman–Crippen LogP) is 2.06. The van der Waals surface area contributed by atoms with E-state index in [1.54, 1.807) is 20.2 Å². The second-order valence-corrected chi connectivity index (χ2v) is 7.25. The molecule has 0 bridgehead atoms. The maximum absolute atomic E-state index is 11.5. The Labute approximate surface area is 131 Å². The zero-order chi connectivity index (χ0) is 16.0. The van der Waals surface area contributed by atoms with Gasteiger partial charge in [0.15, 0.2) is 5.79 Å². The van der Waals surface area contributed by atoms with E-state index in [1.165, 1.54) is 0 Å². The lowest BCUT2D eigenvalue weighted by Crippen LogP contribution is -2.35. The van der Waals surface area contributed by atoms with Gasteiger partial charge >= 0.3 is 0 Å². The maximum atomic E-state index is 11.5. The summed E-state index contributed by atoms with van der Waals surface area (Å²) in [6, 6.07) is -0.142. The van der Waals surface area contributed by atoms with Crippen molar-refractivity contribution in [3.63, 3.8) is 0 Å². The molecule has 1 aliphatic carbocycles. The monoisotopic (exact) mass is 312 g/mol. The molecule has 5 nitrogen and oxygen atoms in total. The molecule has 0 saturated heterocycles. The number of aldehydes is 1. The Morgan fingerprint density at radius 3 is 2.62 bits per heavy atom. The smallest absolute Gasteiger partial charge is 0.160 e. The van der Waals surface area contributed by atoms with Crippen LogP contribution in [-0.2, 0) is 9.53 Å². The Bertz CT molecular complexity index is 538. The summed E-state index contributed by atoms with van der Waals surface area (Å²) in [5.74, 6) is -1.26. The molecule has 1 aliphatic rings. The van der Waals surface area contributed by atoms with Gasteiger partial charge < -0.3 is 19.2 Å². The summed E-state index contributed by atoms with van der Waals surface area (Å²) in [5, 5.41) is 9.79. The highest BCUT2D eigenvalue weighted by atomic mass is 32.1. The van der Waals surface area contributed by atoms with Crippen LogP contribution in [0.3, 0.4) is 0 Å². The number of hydrogen-bond donors (Lipinski definition) is 2. The van der Waals surface area contributed by atoms with E-state index in [9.17, 15) is 9.90 Å². The van der Waals surface area contributed by atoms with Crippen LogP contribution in [0.15, 0.2) is 6.33 Å². The highest BCUT2D eigenvalue weighted by Crippen LogP contribution is 2.48. The quantitative estimate of drug-likeness (QED) is 0.507. The highest BCUT2D eigenvalue weighted by Gasteiger charge is 2.52. The van der Waals surface area contributed by atoms with Crippen molar-refractivity contribution in [1.82, 2.24) is 9.55 Å². The van der Waals surface area contributed by atoms with Crippen LogP contribution in [0.5, 0.6) is 0 Å². The molecule has 21 heavy (non-hydrogen) atoms. The Morgan fingerprint density at radius 1 is 1.57 bits per heavy atom. The lowest BCUT2D eigenvalue weighted by atomic mass is 9.90. The first kappa shape index (κ1) is 16.5. The molecule has 1 aromatic heterocycles. The van der Waals surface area contributed by atoms with Crippen LogP contribution < -0.4 is 0 Å². The molecule has 0 aromatic carbocycles. The first-order valence-corrected chi connectivity index (χ1v) is 7.65. The Kier molecular flexibility index (Phi) is 4.26. The van der Waals surface area contributed by atoms with E-state index in [0.717, 1.165) is 17.7 Å². The third-order valence-electron chi connectivity index (χ3n) is 4.34. The summed E-state index contributed by atoms with van der Waals surface area (Å²) in [5.41, 5.74) is 1.38. The Morgan fingerprint density at radius 2 is 2.19 bits per heavy atom.